The summed E-state index contributed by atoms with van der Waals surface area (Å²) in [5.74, 6) is 0.399. The third-order valence-corrected chi connectivity index (χ3v) is 3.17. The van der Waals surface area contributed by atoms with Gasteiger partial charge in [0.25, 0.3) is 0 Å². The largest absolute Gasteiger partial charge is 0.396 e. The summed E-state index contributed by atoms with van der Waals surface area (Å²) >= 11 is 0. The molecule has 0 aromatic heterocycles. The van der Waals surface area contributed by atoms with Crippen LogP contribution in [0, 0.1) is 18.3 Å². The summed E-state index contributed by atoms with van der Waals surface area (Å²) in [6.07, 6.45) is 3.27. The molecule has 1 atom stereocenters. The first kappa shape index (κ1) is 14.2. The molecule has 0 aliphatic carbocycles. The quantitative estimate of drug-likeness (QED) is 0.817. The minimum absolute atomic E-state index is 0.296. The molecule has 0 saturated heterocycles. The average molecular weight is 234 g/mol. The third kappa shape index (κ3) is 5.88. The molecule has 1 aromatic carbocycles. The van der Waals surface area contributed by atoms with Crippen LogP contribution in [0.2, 0.25) is 0 Å². The lowest BCUT2D eigenvalue weighted by Crippen LogP contribution is -2.14. The Morgan fingerprint density at radius 2 is 1.94 bits per heavy atom. The van der Waals surface area contributed by atoms with Crippen molar-refractivity contribution in [2.45, 2.75) is 47.0 Å². The number of aliphatic hydroxyl groups excluding tert-OH is 1. The molecule has 1 nitrogen and oxygen atoms in total. The van der Waals surface area contributed by atoms with Crippen molar-refractivity contribution in [1.82, 2.24) is 0 Å². The van der Waals surface area contributed by atoms with E-state index < -0.39 is 0 Å². The van der Waals surface area contributed by atoms with Crippen LogP contribution in [0.25, 0.3) is 0 Å². The van der Waals surface area contributed by atoms with E-state index in [1.165, 1.54) is 17.5 Å². The van der Waals surface area contributed by atoms with Gasteiger partial charge in [-0.3, -0.25) is 0 Å². The summed E-state index contributed by atoms with van der Waals surface area (Å²) in [5, 5.41) is 9.45. The van der Waals surface area contributed by atoms with E-state index in [4.69, 9.17) is 0 Å². The molecule has 1 aromatic rings. The predicted octanol–water partition coefficient (Wildman–Crippen LogP) is 3.97. The molecule has 0 bridgehead atoms. The standard InChI is InChI=1S/C16H26O/c1-13-6-5-7-14(10-13)11-15(12-17)8-9-16(2,3)4/h5-7,10,15,17H,8-9,11-12H2,1-4H3. The third-order valence-electron chi connectivity index (χ3n) is 3.17. The fourth-order valence-electron chi connectivity index (χ4n) is 2.07. The maximum absolute atomic E-state index is 9.45. The van der Waals surface area contributed by atoms with Gasteiger partial charge in [-0.1, -0.05) is 50.6 Å². The van der Waals surface area contributed by atoms with E-state index in [-0.39, 0.29) is 0 Å². The molecule has 1 unspecified atom stereocenters. The highest BCUT2D eigenvalue weighted by Crippen LogP contribution is 2.25. The molecule has 1 N–H and O–H groups in total. The van der Waals surface area contributed by atoms with E-state index >= 15 is 0 Å². The van der Waals surface area contributed by atoms with Crippen molar-refractivity contribution in [3.63, 3.8) is 0 Å². The Balaban J connectivity index is 2.52. The summed E-state index contributed by atoms with van der Waals surface area (Å²) < 4.78 is 0. The number of hydrogen-bond donors (Lipinski definition) is 1. The first-order valence-corrected chi connectivity index (χ1v) is 6.57. The van der Waals surface area contributed by atoms with Crippen molar-refractivity contribution >= 4 is 0 Å². The summed E-state index contributed by atoms with van der Waals surface area (Å²) in [4.78, 5) is 0. The van der Waals surface area contributed by atoms with Gasteiger partial charge in [0, 0.05) is 6.61 Å². The van der Waals surface area contributed by atoms with E-state index in [1.807, 2.05) is 0 Å². The smallest absolute Gasteiger partial charge is 0.0462 e. The zero-order valence-electron chi connectivity index (χ0n) is 11.7. The van der Waals surface area contributed by atoms with Crippen LogP contribution in [0.4, 0.5) is 0 Å². The maximum atomic E-state index is 9.45. The van der Waals surface area contributed by atoms with Crippen LogP contribution in [0.3, 0.4) is 0 Å². The Labute approximate surface area is 106 Å². The molecule has 0 spiro atoms. The lowest BCUT2D eigenvalue weighted by molar-refractivity contribution is 0.200. The Morgan fingerprint density at radius 3 is 2.47 bits per heavy atom. The van der Waals surface area contributed by atoms with Crippen molar-refractivity contribution in [2.24, 2.45) is 11.3 Å². The average Bonchev–Trinajstić information content (AvgIpc) is 2.23. The number of benzene rings is 1. The summed E-state index contributed by atoms with van der Waals surface area (Å²) in [6.45, 7) is 9.19. The van der Waals surface area contributed by atoms with Gasteiger partial charge in [-0.15, -0.1) is 0 Å². The second-order valence-electron chi connectivity index (χ2n) is 6.34. The van der Waals surface area contributed by atoms with Gasteiger partial charge < -0.3 is 5.11 Å². The van der Waals surface area contributed by atoms with Crippen molar-refractivity contribution in [3.05, 3.63) is 35.4 Å². The fourth-order valence-corrected chi connectivity index (χ4v) is 2.07. The van der Waals surface area contributed by atoms with Crippen molar-refractivity contribution in [2.75, 3.05) is 6.61 Å². The molecule has 0 fully saturated rings. The van der Waals surface area contributed by atoms with Crippen LogP contribution >= 0.6 is 0 Å². The maximum Gasteiger partial charge on any atom is 0.0462 e. The van der Waals surface area contributed by atoms with Crippen LogP contribution in [0.15, 0.2) is 24.3 Å². The highest BCUT2D eigenvalue weighted by atomic mass is 16.3. The molecule has 0 amide bonds. The zero-order valence-corrected chi connectivity index (χ0v) is 11.7. The van der Waals surface area contributed by atoms with Crippen molar-refractivity contribution in [1.29, 1.82) is 0 Å². The molecular weight excluding hydrogens is 208 g/mol. The molecule has 0 heterocycles. The van der Waals surface area contributed by atoms with Gasteiger partial charge in [0.1, 0.15) is 0 Å². The summed E-state index contributed by atoms with van der Waals surface area (Å²) in [7, 11) is 0. The van der Waals surface area contributed by atoms with Crippen LogP contribution < -0.4 is 0 Å². The van der Waals surface area contributed by atoms with E-state index in [9.17, 15) is 5.11 Å². The van der Waals surface area contributed by atoms with E-state index in [0.717, 1.165) is 12.8 Å². The van der Waals surface area contributed by atoms with E-state index in [0.29, 0.717) is 17.9 Å². The van der Waals surface area contributed by atoms with Gasteiger partial charge in [-0.25, -0.2) is 0 Å². The Kier molecular flexibility index (Phi) is 5.20. The van der Waals surface area contributed by atoms with Gasteiger partial charge in [0.2, 0.25) is 0 Å². The van der Waals surface area contributed by atoms with Gasteiger partial charge in [0.15, 0.2) is 0 Å². The van der Waals surface area contributed by atoms with E-state index in [1.54, 1.807) is 0 Å². The lowest BCUT2D eigenvalue weighted by Gasteiger charge is -2.22. The molecule has 17 heavy (non-hydrogen) atoms. The Morgan fingerprint density at radius 1 is 1.24 bits per heavy atom. The predicted molar refractivity (Wildman–Crippen MR) is 74.1 cm³/mol. The molecule has 1 heteroatoms. The Bertz CT molecular complexity index is 336. The number of aliphatic hydroxyl groups is 1. The van der Waals surface area contributed by atoms with Gasteiger partial charge in [0.05, 0.1) is 0 Å². The lowest BCUT2D eigenvalue weighted by atomic mass is 9.85. The molecule has 96 valence electrons. The van der Waals surface area contributed by atoms with Crippen molar-refractivity contribution < 1.29 is 5.11 Å². The highest BCUT2D eigenvalue weighted by molar-refractivity contribution is 5.22. The SMILES string of the molecule is Cc1cccc(CC(CO)CCC(C)(C)C)c1. The Hall–Kier alpha value is -0.820. The zero-order chi connectivity index (χ0) is 12.9. The normalized spacial score (nSPS) is 13.7. The van der Waals surface area contributed by atoms with Crippen LogP contribution in [-0.4, -0.2) is 11.7 Å². The second kappa shape index (κ2) is 6.20. The first-order chi connectivity index (χ1) is 7.90. The minimum atomic E-state index is 0.296. The van der Waals surface area contributed by atoms with Crippen LogP contribution in [-0.2, 0) is 6.42 Å². The summed E-state index contributed by atoms with van der Waals surface area (Å²) in [6, 6.07) is 8.60. The van der Waals surface area contributed by atoms with Crippen LogP contribution in [0.5, 0.6) is 0 Å². The van der Waals surface area contributed by atoms with Crippen molar-refractivity contribution in [3.8, 4) is 0 Å². The second-order valence-corrected chi connectivity index (χ2v) is 6.34. The van der Waals surface area contributed by atoms with Gasteiger partial charge in [-0.2, -0.15) is 0 Å². The number of hydrogen-bond acceptors (Lipinski definition) is 1. The summed E-state index contributed by atoms with van der Waals surface area (Å²) in [5.41, 5.74) is 3.01. The molecule has 0 saturated carbocycles. The molecule has 0 aliphatic heterocycles. The van der Waals surface area contributed by atoms with E-state index in [2.05, 4.69) is 52.0 Å². The van der Waals surface area contributed by atoms with Crippen LogP contribution in [0.1, 0.15) is 44.7 Å². The number of aryl methyl sites for hydroxylation is 1. The topological polar surface area (TPSA) is 20.2 Å². The van der Waals surface area contributed by atoms with Gasteiger partial charge >= 0.3 is 0 Å². The fraction of sp³-hybridized carbons (Fsp3) is 0.625. The first-order valence-electron chi connectivity index (χ1n) is 6.57. The molecular formula is C16H26O. The minimum Gasteiger partial charge on any atom is -0.396 e. The monoisotopic (exact) mass is 234 g/mol. The molecule has 0 radical (unpaired) electrons. The molecule has 1 rings (SSSR count). The van der Waals surface area contributed by atoms with Gasteiger partial charge in [-0.05, 0) is 43.1 Å². The highest BCUT2D eigenvalue weighted by Gasteiger charge is 2.15. The molecule has 0 aliphatic rings. The number of rotatable bonds is 5.